The van der Waals surface area contributed by atoms with Gasteiger partial charge in [-0.15, -0.1) is 11.8 Å². The number of amides is 2. The molecule has 1 aliphatic heterocycles. The Labute approximate surface area is 186 Å². The zero-order valence-corrected chi connectivity index (χ0v) is 18.4. The van der Waals surface area contributed by atoms with Crippen molar-refractivity contribution in [2.75, 3.05) is 0 Å². The molecule has 1 saturated heterocycles. The van der Waals surface area contributed by atoms with E-state index >= 15 is 0 Å². The number of benzene rings is 2. The van der Waals surface area contributed by atoms with E-state index in [1.807, 2.05) is 55.5 Å². The average Bonchev–Trinajstić information content (AvgIpc) is 2.73. The van der Waals surface area contributed by atoms with Crippen molar-refractivity contribution in [3.63, 3.8) is 0 Å². The van der Waals surface area contributed by atoms with E-state index in [1.165, 1.54) is 5.56 Å². The highest BCUT2D eigenvalue weighted by Gasteiger charge is 2.39. The van der Waals surface area contributed by atoms with Crippen molar-refractivity contribution >= 4 is 41.3 Å². The Balaban J connectivity index is 1.34. The number of thioether (sulfide) groups is 1. The van der Waals surface area contributed by atoms with Gasteiger partial charge in [-0.1, -0.05) is 53.6 Å². The van der Waals surface area contributed by atoms with Gasteiger partial charge in [-0.3, -0.25) is 9.59 Å². The number of halogens is 1. The van der Waals surface area contributed by atoms with Crippen LogP contribution in [0.3, 0.4) is 0 Å². The van der Waals surface area contributed by atoms with Crippen LogP contribution >= 0.6 is 23.4 Å². The Hall–Kier alpha value is -2.24. The van der Waals surface area contributed by atoms with Gasteiger partial charge in [0, 0.05) is 28.8 Å². The van der Waals surface area contributed by atoms with E-state index < -0.39 is 0 Å². The summed E-state index contributed by atoms with van der Waals surface area (Å²) in [7, 11) is 0. The smallest absolute Gasteiger partial charge is 0.257 e. The summed E-state index contributed by atoms with van der Waals surface area (Å²) in [4.78, 5) is 26.1. The summed E-state index contributed by atoms with van der Waals surface area (Å²) >= 11 is 7.56. The lowest BCUT2D eigenvalue weighted by Gasteiger charge is -2.39. The van der Waals surface area contributed by atoms with E-state index in [0.29, 0.717) is 23.2 Å². The normalized spacial score (nSPS) is 24.8. The van der Waals surface area contributed by atoms with E-state index in [0.717, 1.165) is 28.9 Å². The van der Waals surface area contributed by atoms with Crippen molar-refractivity contribution in [2.45, 2.75) is 44.0 Å². The molecule has 1 heterocycles. The minimum atomic E-state index is -0.0678. The van der Waals surface area contributed by atoms with Gasteiger partial charge in [0.2, 0.25) is 5.91 Å². The van der Waals surface area contributed by atoms with Gasteiger partial charge in [0.25, 0.3) is 5.91 Å². The minimum absolute atomic E-state index is 0.0371. The fourth-order valence-electron chi connectivity index (χ4n) is 4.08. The van der Waals surface area contributed by atoms with Gasteiger partial charge in [-0.25, -0.2) is 0 Å². The molecule has 4 rings (SSSR count). The molecular weight excluding hydrogens is 416 g/mol. The lowest BCUT2D eigenvalue weighted by Crippen LogP contribution is -2.51. The van der Waals surface area contributed by atoms with Crippen molar-refractivity contribution in [3.05, 3.63) is 75.1 Å². The van der Waals surface area contributed by atoms with Crippen LogP contribution in [0.2, 0.25) is 5.02 Å². The van der Waals surface area contributed by atoms with Crippen molar-refractivity contribution in [1.82, 2.24) is 10.6 Å². The van der Waals surface area contributed by atoms with Gasteiger partial charge >= 0.3 is 0 Å². The molecule has 6 heteroatoms. The number of nitrogens with one attached hydrogen (secondary N) is 2. The molecule has 156 valence electrons. The van der Waals surface area contributed by atoms with Crippen molar-refractivity contribution in [1.29, 1.82) is 0 Å². The number of rotatable bonds is 4. The maximum atomic E-state index is 12.7. The average molecular weight is 441 g/mol. The third-order valence-corrected chi connectivity index (χ3v) is 7.37. The third-order valence-electron chi connectivity index (χ3n) is 5.70. The van der Waals surface area contributed by atoms with Crippen LogP contribution in [0.5, 0.6) is 0 Å². The fourth-order valence-corrected chi connectivity index (χ4v) is 5.50. The molecule has 4 nitrogen and oxygen atoms in total. The van der Waals surface area contributed by atoms with E-state index in [2.05, 4.69) is 16.7 Å². The summed E-state index contributed by atoms with van der Waals surface area (Å²) in [6.07, 6.45) is 4.41. The Kier molecular flexibility index (Phi) is 6.49. The van der Waals surface area contributed by atoms with Gasteiger partial charge < -0.3 is 10.6 Å². The number of fused-ring (bicyclic) bond motifs is 1. The molecule has 0 spiro atoms. The number of aryl methyl sites for hydroxylation is 1. The molecule has 2 amide bonds. The Bertz CT molecular complexity index is 973. The largest absolute Gasteiger partial charge is 0.352 e. The fraction of sp³-hybridized carbons (Fsp3) is 0.333. The van der Waals surface area contributed by atoms with Crippen molar-refractivity contribution in [2.24, 2.45) is 5.92 Å². The molecule has 0 aromatic heterocycles. The van der Waals surface area contributed by atoms with Crippen LogP contribution in [0.1, 0.15) is 36.0 Å². The van der Waals surface area contributed by atoms with E-state index in [9.17, 15) is 9.59 Å². The van der Waals surface area contributed by atoms with Crippen LogP contribution in [0.15, 0.2) is 53.4 Å². The highest BCUT2D eigenvalue weighted by molar-refractivity contribution is 8.04. The Morgan fingerprint density at radius 2 is 2.03 bits per heavy atom. The molecule has 30 heavy (non-hydrogen) atoms. The second-order valence-corrected chi connectivity index (χ2v) is 9.73. The van der Waals surface area contributed by atoms with Gasteiger partial charge in [0.1, 0.15) is 0 Å². The molecule has 2 aromatic carbocycles. The first-order valence-corrected chi connectivity index (χ1v) is 11.5. The standard InChI is InChI=1S/C24H25ClN2O2S/c1-15-3-2-4-17(11-15)12-22-24(29)27-20-13-18(7-10-21(20)30-22)23(28)26-14-16-5-8-19(25)9-6-16/h2-6,8-9,11-12,18,20-21H,7,10,13-14H2,1H3,(H,26,28)(H,27,29)/b22-12+. The van der Waals surface area contributed by atoms with Gasteiger partial charge in [-0.2, -0.15) is 0 Å². The molecule has 1 aliphatic carbocycles. The number of hydrogen-bond donors (Lipinski definition) is 2. The summed E-state index contributed by atoms with van der Waals surface area (Å²) in [5.74, 6) is -0.0459. The molecule has 2 aromatic rings. The minimum Gasteiger partial charge on any atom is -0.352 e. The van der Waals surface area contributed by atoms with Crippen molar-refractivity contribution < 1.29 is 9.59 Å². The van der Waals surface area contributed by atoms with Crippen LogP contribution in [0, 0.1) is 12.8 Å². The first-order valence-electron chi connectivity index (χ1n) is 10.3. The van der Waals surface area contributed by atoms with Crippen LogP contribution < -0.4 is 10.6 Å². The maximum Gasteiger partial charge on any atom is 0.257 e. The first-order chi connectivity index (χ1) is 14.5. The quantitative estimate of drug-likeness (QED) is 0.677. The van der Waals surface area contributed by atoms with Gasteiger partial charge in [0.15, 0.2) is 0 Å². The Morgan fingerprint density at radius 1 is 1.23 bits per heavy atom. The predicted octanol–water partition coefficient (Wildman–Crippen LogP) is 4.71. The molecule has 3 unspecified atom stereocenters. The van der Waals surface area contributed by atoms with Crippen LogP contribution in [-0.2, 0) is 16.1 Å². The van der Waals surface area contributed by atoms with E-state index in [-0.39, 0.29) is 23.8 Å². The SMILES string of the molecule is Cc1cccc(/C=C2/SC3CCC(C(=O)NCc4ccc(Cl)cc4)CC3NC2=O)c1. The molecule has 0 radical (unpaired) electrons. The zero-order chi connectivity index (χ0) is 21.1. The molecule has 2 fully saturated rings. The molecule has 3 atom stereocenters. The highest BCUT2D eigenvalue weighted by Crippen LogP contribution is 2.40. The summed E-state index contributed by atoms with van der Waals surface area (Å²) in [6, 6.07) is 15.7. The summed E-state index contributed by atoms with van der Waals surface area (Å²) in [6.45, 7) is 2.54. The van der Waals surface area contributed by atoms with Crippen molar-refractivity contribution in [3.8, 4) is 0 Å². The molecule has 0 bridgehead atoms. The topological polar surface area (TPSA) is 58.2 Å². The second kappa shape index (κ2) is 9.27. The third kappa shape index (κ3) is 5.08. The lowest BCUT2D eigenvalue weighted by atomic mass is 9.84. The highest BCUT2D eigenvalue weighted by atomic mass is 35.5. The maximum absolute atomic E-state index is 12.7. The lowest BCUT2D eigenvalue weighted by molar-refractivity contribution is -0.127. The summed E-state index contributed by atoms with van der Waals surface area (Å²) in [5.41, 5.74) is 3.24. The molecular formula is C24H25ClN2O2S. The number of hydrogen-bond acceptors (Lipinski definition) is 3. The van der Waals surface area contributed by atoms with E-state index in [4.69, 9.17) is 11.6 Å². The zero-order valence-electron chi connectivity index (χ0n) is 16.9. The molecule has 2 aliphatic rings. The van der Waals surface area contributed by atoms with E-state index in [1.54, 1.807) is 11.8 Å². The monoisotopic (exact) mass is 440 g/mol. The first kappa shape index (κ1) is 21.0. The van der Waals surface area contributed by atoms with Gasteiger partial charge in [0.05, 0.1) is 4.91 Å². The Morgan fingerprint density at radius 3 is 2.80 bits per heavy atom. The summed E-state index contributed by atoms with van der Waals surface area (Å²) < 4.78 is 0. The van der Waals surface area contributed by atoms with Crippen LogP contribution in [0.4, 0.5) is 0 Å². The second-order valence-electron chi connectivity index (χ2n) is 8.01. The number of carbonyl (C=O) groups is 2. The molecule has 1 saturated carbocycles. The van der Waals surface area contributed by atoms with Crippen LogP contribution in [0.25, 0.3) is 6.08 Å². The predicted molar refractivity (Wildman–Crippen MR) is 123 cm³/mol. The summed E-state index contributed by atoms with van der Waals surface area (Å²) in [5, 5.41) is 7.18. The van der Waals surface area contributed by atoms with Crippen LogP contribution in [-0.4, -0.2) is 23.1 Å². The van der Waals surface area contributed by atoms with Gasteiger partial charge in [-0.05, 0) is 55.5 Å². The number of carbonyl (C=O) groups excluding carboxylic acids is 2. The molecule has 2 N–H and O–H groups in total.